The fourth-order valence-corrected chi connectivity index (χ4v) is 2.08. The number of amides is 1. The molecule has 0 saturated carbocycles. The Balaban J connectivity index is 2.63. The maximum Gasteiger partial charge on any atom is 0.232 e. The summed E-state index contributed by atoms with van der Waals surface area (Å²) in [6.07, 6.45) is 0.299. The molecule has 1 aliphatic heterocycles. The Morgan fingerprint density at radius 3 is 2.62 bits per heavy atom. The van der Waals surface area contributed by atoms with Crippen LogP contribution >= 0.6 is 11.9 Å². The van der Waals surface area contributed by atoms with E-state index < -0.39 is 0 Å². The van der Waals surface area contributed by atoms with Gasteiger partial charge in [-0.1, -0.05) is 13.8 Å². The summed E-state index contributed by atoms with van der Waals surface area (Å²) >= 11 is 0.913. The molecule has 0 aromatic heterocycles. The second-order valence-corrected chi connectivity index (χ2v) is 3.70. The first-order valence-corrected chi connectivity index (χ1v) is 5.24. The SMILES string of the molecule is CCN(CC)[C@@H]1CC(=O)NSC1=O. The highest BCUT2D eigenvalue weighted by atomic mass is 32.2. The van der Waals surface area contributed by atoms with Crippen LogP contribution in [0.3, 0.4) is 0 Å². The van der Waals surface area contributed by atoms with Gasteiger partial charge in [-0.2, -0.15) is 0 Å². The first-order valence-electron chi connectivity index (χ1n) is 4.42. The van der Waals surface area contributed by atoms with Gasteiger partial charge in [0.25, 0.3) is 0 Å². The van der Waals surface area contributed by atoms with Crippen molar-refractivity contribution in [2.75, 3.05) is 13.1 Å². The minimum absolute atomic E-state index is 0.0447. The van der Waals surface area contributed by atoms with Crippen molar-refractivity contribution in [1.82, 2.24) is 9.62 Å². The molecule has 0 aromatic rings. The number of nitrogens with one attached hydrogen (secondary N) is 1. The van der Waals surface area contributed by atoms with Gasteiger partial charge < -0.3 is 0 Å². The molecular formula is C8H14N2O2S. The topological polar surface area (TPSA) is 49.4 Å². The molecule has 5 heteroatoms. The lowest BCUT2D eigenvalue weighted by molar-refractivity contribution is -0.126. The predicted molar refractivity (Wildman–Crippen MR) is 52.1 cm³/mol. The second-order valence-electron chi connectivity index (χ2n) is 2.89. The summed E-state index contributed by atoms with van der Waals surface area (Å²) in [5.74, 6) is -0.0542. The van der Waals surface area contributed by atoms with Crippen molar-refractivity contribution in [3.05, 3.63) is 0 Å². The van der Waals surface area contributed by atoms with Gasteiger partial charge >= 0.3 is 0 Å². The van der Waals surface area contributed by atoms with E-state index in [0.29, 0.717) is 6.42 Å². The highest BCUT2D eigenvalue weighted by Gasteiger charge is 2.31. The van der Waals surface area contributed by atoms with Gasteiger partial charge in [-0.05, 0) is 13.1 Å². The van der Waals surface area contributed by atoms with E-state index in [9.17, 15) is 9.59 Å². The summed E-state index contributed by atoms with van der Waals surface area (Å²) in [4.78, 5) is 24.5. The number of hydrogen-bond donors (Lipinski definition) is 1. The van der Waals surface area contributed by atoms with Gasteiger partial charge in [0.05, 0.1) is 12.5 Å². The van der Waals surface area contributed by atoms with Crippen molar-refractivity contribution in [3.63, 3.8) is 0 Å². The van der Waals surface area contributed by atoms with Crippen LogP contribution in [-0.2, 0) is 9.59 Å². The van der Waals surface area contributed by atoms with E-state index in [1.54, 1.807) is 0 Å². The zero-order valence-corrected chi connectivity index (χ0v) is 8.69. The zero-order valence-electron chi connectivity index (χ0n) is 7.87. The van der Waals surface area contributed by atoms with Crippen molar-refractivity contribution in [2.45, 2.75) is 26.3 Å². The number of carbonyl (C=O) groups excluding carboxylic acids is 2. The first-order chi connectivity index (χ1) is 6.19. The smallest absolute Gasteiger partial charge is 0.232 e. The minimum atomic E-state index is -0.228. The molecule has 0 spiro atoms. The van der Waals surface area contributed by atoms with Gasteiger partial charge in [-0.3, -0.25) is 19.2 Å². The van der Waals surface area contributed by atoms with E-state index in [1.165, 1.54) is 0 Å². The van der Waals surface area contributed by atoms with E-state index in [0.717, 1.165) is 25.0 Å². The Kier molecular flexibility index (Phi) is 3.74. The van der Waals surface area contributed by atoms with Crippen LogP contribution in [0.4, 0.5) is 0 Å². The molecule has 0 aromatic carbocycles. The molecule has 1 heterocycles. The third kappa shape index (κ3) is 2.45. The summed E-state index contributed by atoms with van der Waals surface area (Å²) < 4.78 is 2.47. The molecule has 1 aliphatic rings. The van der Waals surface area contributed by atoms with E-state index >= 15 is 0 Å². The molecule has 1 N–H and O–H groups in total. The van der Waals surface area contributed by atoms with Crippen LogP contribution in [0.2, 0.25) is 0 Å². The maximum absolute atomic E-state index is 11.4. The van der Waals surface area contributed by atoms with Crippen LogP contribution in [0.15, 0.2) is 0 Å². The highest BCUT2D eigenvalue weighted by molar-refractivity contribution is 8.12. The average Bonchev–Trinajstić information content (AvgIpc) is 2.13. The standard InChI is InChI=1S/C8H14N2O2S/c1-3-10(4-2)6-5-7(11)9-13-8(6)12/h6H,3-5H2,1-2H3,(H,9,11)/t6-/m1/s1. The number of hydrogen-bond acceptors (Lipinski definition) is 4. The average molecular weight is 202 g/mol. The summed E-state index contributed by atoms with van der Waals surface area (Å²) in [5, 5.41) is 0.0447. The molecule has 74 valence electrons. The van der Waals surface area contributed by atoms with Gasteiger partial charge in [0.2, 0.25) is 11.0 Å². The Hall–Kier alpha value is -0.550. The lowest BCUT2D eigenvalue weighted by Gasteiger charge is -2.29. The molecule has 0 unspecified atom stereocenters. The van der Waals surface area contributed by atoms with Crippen molar-refractivity contribution >= 4 is 23.0 Å². The molecule has 1 amide bonds. The lowest BCUT2D eigenvalue weighted by atomic mass is 10.2. The fourth-order valence-electron chi connectivity index (χ4n) is 1.42. The maximum atomic E-state index is 11.4. The van der Waals surface area contributed by atoms with E-state index in [2.05, 4.69) is 4.72 Å². The monoisotopic (exact) mass is 202 g/mol. The molecule has 1 fully saturated rings. The zero-order chi connectivity index (χ0) is 9.84. The van der Waals surface area contributed by atoms with Crippen LogP contribution in [0.5, 0.6) is 0 Å². The summed E-state index contributed by atoms with van der Waals surface area (Å²) in [7, 11) is 0. The molecular weight excluding hydrogens is 188 g/mol. The third-order valence-corrected chi connectivity index (χ3v) is 2.97. The minimum Gasteiger partial charge on any atom is -0.293 e. The van der Waals surface area contributed by atoms with E-state index in [4.69, 9.17) is 0 Å². The number of nitrogens with zero attached hydrogens (tertiary/aromatic N) is 1. The van der Waals surface area contributed by atoms with Gasteiger partial charge in [0.15, 0.2) is 0 Å². The van der Waals surface area contributed by atoms with Crippen LogP contribution in [0.25, 0.3) is 0 Å². The van der Waals surface area contributed by atoms with Crippen molar-refractivity contribution in [1.29, 1.82) is 0 Å². The Morgan fingerprint density at radius 2 is 2.08 bits per heavy atom. The number of likely N-dealkylation sites (N-methyl/N-ethyl adjacent to an activating group) is 1. The van der Waals surface area contributed by atoms with Crippen molar-refractivity contribution in [2.24, 2.45) is 0 Å². The lowest BCUT2D eigenvalue weighted by Crippen LogP contribution is -2.46. The summed E-state index contributed by atoms with van der Waals surface area (Å²) in [6, 6.07) is -0.228. The van der Waals surface area contributed by atoms with Gasteiger partial charge in [-0.15, -0.1) is 0 Å². The molecule has 4 nitrogen and oxygen atoms in total. The van der Waals surface area contributed by atoms with Crippen molar-refractivity contribution < 1.29 is 9.59 Å². The quantitative estimate of drug-likeness (QED) is 0.673. The second kappa shape index (κ2) is 4.62. The van der Waals surface area contributed by atoms with Crippen molar-refractivity contribution in [3.8, 4) is 0 Å². The molecule has 0 bridgehead atoms. The molecule has 0 radical (unpaired) electrons. The summed E-state index contributed by atoms with van der Waals surface area (Å²) in [5.41, 5.74) is 0. The molecule has 1 atom stereocenters. The number of rotatable bonds is 3. The third-order valence-electron chi connectivity index (χ3n) is 2.17. The van der Waals surface area contributed by atoms with E-state index in [1.807, 2.05) is 18.7 Å². The van der Waals surface area contributed by atoms with Crippen LogP contribution in [0, 0.1) is 0 Å². The molecule has 1 rings (SSSR count). The fraction of sp³-hybridized carbons (Fsp3) is 0.750. The Bertz CT molecular complexity index is 216. The Morgan fingerprint density at radius 1 is 1.46 bits per heavy atom. The first kappa shape index (κ1) is 10.5. The van der Waals surface area contributed by atoms with Gasteiger partial charge in [0, 0.05) is 11.9 Å². The van der Waals surface area contributed by atoms with Gasteiger partial charge in [-0.25, -0.2) is 0 Å². The molecule has 0 aliphatic carbocycles. The molecule has 13 heavy (non-hydrogen) atoms. The Labute approximate surface area is 82.2 Å². The van der Waals surface area contributed by atoms with Crippen LogP contribution in [-0.4, -0.2) is 35.1 Å². The predicted octanol–water partition coefficient (Wildman–Crippen LogP) is 0.392. The number of carbonyl (C=O) groups is 2. The van der Waals surface area contributed by atoms with E-state index in [-0.39, 0.29) is 17.1 Å². The normalized spacial score (nSPS) is 23.5. The van der Waals surface area contributed by atoms with Crippen LogP contribution in [0.1, 0.15) is 20.3 Å². The summed E-state index contributed by atoms with van der Waals surface area (Å²) in [6.45, 7) is 5.60. The highest BCUT2D eigenvalue weighted by Crippen LogP contribution is 2.17. The largest absolute Gasteiger partial charge is 0.293 e. The van der Waals surface area contributed by atoms with Gasteiger partial charge in [0.1, 0.15) is 0 Å². The molecule has 1 saturated heterocycles. The van der Waals surface area contributed by atoms with Crippen LogP contribution < -0.4 is 4.72 Å².